The van der Waals surface area contributed by atoms with Crippen LogP contribution in [0.3, 0.4) is 0 Å². The number of ether oxygens (including phenoxy) is 1. The first kappa shape index (κ1) is 17.8. The van der Waals surface area contributed by atoms with Crippen LogP contribution in [0.25, 0.3) is 11.0 Å². The number of carbonyl (C=O) groups is 1. The van der Waals surface area contributed by atoms with Gasteiger partial charge in [0.2, 0.25) is 11.8 Å². The van der Waals surface area contributed by atoms with Crippen LogP contribution in [-0.4, -0.2) is 61.8 Å². The van der Waals surface area contributed by atoms with Crippen LogP contribution < -0.4 is 4.90 Å². The predicted octanol–water partition coefficient (Wildman–Crippen LogP) is 2.71. The lowest BCUT2D eigenvalue weighted by Crippen LogP contribution is -2.46. The zero-order valence-corrected chi connectivity index (χ0v) is 15.9. The summed E-state index contributed by atoms with van der Waals surface area (Å²) in [6, 6.07) is 3.63. The molecule has 2 aromatic heterocycles. The van der Waals surface area contributed by atoms with Gasteiger partial charge in [0.1, 0.15) is 11.1 Å². The van der Waals surface area contributed by atoms with Crippen molar-refractivity contribution >= 4 is 23.1 Å². The van der Waals surface area contributed by atoms with E-state index < -0.39 is 5.60 Å². The number of rotatable bonds is 3. The van der Waals surface area contributed by atoms with Gasteiger partial charge in [-0.25, -0.2) is 19.7 Å². The topological polar surface area (TPSA) is 91.7 Å². The lowest BCUT2D eigenvalue weighted by Gasteiger charge is -2.31. The average Bonchev–Trinajstić information content (AvgIpc) is 3.29. The third-order valence-electron chi connectivity index (χ3n) is 4.79. The molecule has 0 radical (unpaired) electrons. The minimum Gasteiger partial charge on any atom is -0.493 e. The van der Waals surface area contributed by atoms with Gasteiger partial charge in [-0.05, 0) is 46.1 Å². The van der Waals surface area contributed by atoms with Crippen LogP contribution >= 0.6 is 0 Å². The molecule has 3 heterocycles. The molecule has 2 aromatic rings. The molecule has 1 aliphatic carbocycles. The van der Waals surface area contributed by atoms with Crippen LogP contribution in [0.5, 0.6) is 5.88 Å². The molecule has 0 bridgehead atoms. The van der Waals surface area contributed by atoms with E-state index in [9.17, 15) is 9.90 Å². The fraction of sp³-hybridized carbons (Fsp3) is 0.579. The maximum absolute atomic E-state index is 12.7. The number of hydrogen-bond acceptors (Lipinski definition) is 7. The highest BCUT2D eigenvalue weighted by Gasteiger charge is 2.42. The van der Waals surface area contributed by atoms with Crippen LogP contribution in [0.4, 0.5) is 10.7 Å². The normalized spacial score (nSPS) is 20.1. The van der Waals surface area contributed by atoms with Crippen molar-refractivity contribution in [2.75, 3.05) is 18.0 Å². The Bertz CT molecular complexity index is 862. The first-order valence-electron chi connectivity index (χ1n) is 9.39. The standard InChI is InChI=1S/C19H25N5O3/c1-19(2,3)27-18(26)24(12-4-5-12)13-8-9-23(11-13)17-20-10-15-14(22-17)6-7-16(25)21-15/h6-7,10,12-13H,4-5,8-9,11H2,1-3H3,(H,21,25)/t13-/m0/s1. The monoisotopic (exact) mass is 371 g/mol. The number of amides is 1. The van der Waals surface area contributed by atoms with E-state index in [1.165, 1.54) is 6.07 Å². The molecule has 8 nitrogen and oxygen atoms in total. The third-order valence-corrected chi connectivity index (χ3v) is 4.79. The quantitative estimate of drug-likeness (QED) is 0.887. The van der Waals surface area contributed by atoms with Gasteiger partial charge in [-0.3, -0.25) is 0 Å². The molecule has 1 saturated carbocycles. The second-order valence-electron chi connectivity index (χ2n) is 8.25. The Hall–Kier alpha value is -2.64. The number of aromatic hydroxyl groups is 1. The van der Waals surface area contributed by atoms with Crippen molar-refractivity contribution in [3.05, 3.63) is 18.3 Å². The van der Waals surface area contributed by atoms with E-state index >= 15 is 0 Å². The molecule has 1 aliphatic heterocycles. The molecule has 144 valence electrons. The second kappa shape index (κ2) is 6.51. The van der Waals surface area contributed by atoms with Gasteiger partial charge in [-0.15, -0.1) is 0 Å². The number of anilines is 1. The van der Waals surface area contributed by atoms with Gasteiger partial charge in [0, 0.05) is 25.2 Å². The van der Waals surface area contributed by atoms with E-state index in [-0.39, 0.29) is 24.1 Å². The lowest BCUT2D eigenvalue weighted by atomic mass is 10.2. The van der Waals surface area contributed by atoms with Crippen LogP contribution in [0.15, 0.2) is 18.3 Å². The molecule has 0 unspecified atom stereocenters. The molecular weight excluding hydrogens is 346 g/mol. The average molecular weight is 371 g/mol. The highest BCUT2D eigenvalue weighted by Crippen LogP contribution is 2.33. The molecule has 1 atom stereocenters. The number of aromatic nitrogens is 3. The van der Waals surface area contributed by atoms with Gasteiger partial charge in [0.15, 0.2) is 0 Å². The molecule has 4 rings (SSSR count). The van der Waals surface area contributed by atoms with Gasteiger partial charge in [0.05, 0.1) is 17.8 Å². The van der Waals surface area contributed by atoms with E-state index in [2.05, 4.69) is 19.9 Å². The van der Waals surface area contributed by atoms with Gasteiger partial charge >= 0.3 is 6.09 Å². The van der Waals surface area contributed by atoms with Crippen molar-refractivity contribution in [3.8, 4) is 5.88 Å². The van der Waals surface area contributed by atoms with Gasteiger partial charge in [-0.1, -0.05) is 0 Å². The lowest BCUT2D eigenvalue weighted by molar-refractivity contribution is 0.0158. The number of pyridine rings is 1. The van der Waals surface area contributed by atoms with Crippen LogP contribution in [-0.2, 0) is 4.74 Å². The Balaban J connectivity index is 1.50. The Morgan fingerprint density at radius 3 is 2.67 bits per heavy atom. The molecule has 1 amide bonds. The van der Waals surface area contributed by atoms with Crippen LogP contribution in [0.1, 0.15) is 40.0 Å². The van der Waals surface area contributed by atoms with Crippen molar-refractivity contribution < 1.29 is 14.6 Å². The third kappa shape index (κ3) is 3.89. The van der Waals surface area contributed by atoms with Crippen molar-refractivity contribution in [2.45, 2.75) is 57.7 Å². The van der Waals surface area contributed by atoms with Crippen LogP contribution in [0.2, 0.25) is 0 Å². The zero-order valence-electron chi connectivity index (χ0n) is 15.9. The van der Waals surface area contributed by atoms with E-state index in [1.54, 1.807) is 12.3 Å². The van der Waals surface area contributed by atoms with E-state index in [0.29, 0.717) is 23.5 Å². The Labute approximate surface area is 158 Å². The summed E-state index contributed by atoms with van der Waals surface area (Å²) in [5.74, 6) is 0.579. The molecule has 27 heavy (non-hydrogen) atoms. The fourth-order valence-corrected chi connectivity index (χ4v) is 3.47. The van der Waals surface area contributed by atoms with Crippen molar-refractivity contribution in [1.82, 2.24) is 19.9 Å². The van der Waals surface area contributed by atoms with Gasteiger partial charge in [0.25, 0.3) is 0 Å². The van der Waals surface area contributed by atoms with Crippen molar-refractivity contribution in [2.24, 2.45) is 0 Å². The summed E-state index contributed by atoms with van der Waals surface area (Å²) >= 11 is 0. The van der Waals surface area contributed by atoms with E-state index in [1.807, 2.05) is 25.7 Å². The smallest absolute Gasteiger partial charge is 0.410 e. The van der Waals surface area contributed by atoms with E-state index in [4.69, 9.17) is 4.74 Å². The molecule has 8 heteroatoms. The summed E-state index contributed by atoms with van der Waals surface area (Å²) in [5.41, 5.74) is 0.748. The number of fused-ring (bicyclic) bond motifs is 1. The fourth-order valence-electron chi connectivity index (χ4n) is 3.47. The summed E-state index contributed by atoms with van der Waals surface area (Å²) in [6.07, 6.45) is 4.34. The summed E-state index contributed by atoms with van der Waals surface area (Å²) < 4.78 is 5.63. The molecule has 1 N–H and O–H groups in total. The SMILES string of the molecule is CC(C)(C)OC(=O)N(C1CC1)[C@H]1CCN(c2ncc3nc(O)ccc3n2)C1. The number of nitrogens with zero attached hydrogens (tertiary/aromatic N) is 5. The first-order chi connectivity index (χ1) is 12.8. The Morgan fingerprint density at radius 1 is 1.19 bits per heavy atom. The van der Waals surface area contributed by atoms with Gasteiger partial charge in [-0.2, -0.15) is 0 Å². The summed E-state index contributed by atoms with van der Waals surface area (Å²) in [4.78, 5) is 29.7. The molecule has 0 spiro atoms. The minimum atomic E-state index is -0.497. The Morgan fingerprint density at radius 2 is 1.96 bits per heavy atom. The summed E-state index contributed by atoms with van der Waals surface area (Å²) in [6.45, 7) is 7.16. The maximum Gasteiger partial charge on any atom is 0.410 e. The highest BCUT2D eigenvalue weighted by molar-refractivity contribution is 5.75. The molecule has 0 aromatic carbocycles. The van der Waals surface area contributed by atoms with Crippen molar-refractivity contribution in [1.29, 1.82) is 0 Å². The molecule has 2 aliphatic rings. The van der Waals surface area contributed by atoms with E-state index in [0.717, 1.165) is 25.8 Å². The second-order valence-corrected chi connectivity index (χ2v) is 8.25. The predicted molar refractivity (Wildman–Crippen MR) is 101 cm³/mol. The molecule has 1 saturated heterocycles. The summed E-state index contributed by atoms with van der Waals surface area (Å²) in [7, 11) is 0. The first-order valence-corrected chi connectivity index (χ1v) is 9.39. The number of hydrogen-bond donors (Lipinski definition) is 1. The Kier molecular flexibility index (Phi) is 4.28. The molecular formula is C19H25N5O3. The summed E-state index contributed by atoms with van der Waals surface area (Å²) in [5, 5.41) is 9.47. The van der Waals surface area contributed by atoms with Crippen molar-refractivity contribution in [3.63, 3.8) is 0 Å². The molecule has 2 fully saturated rings. The number of carbonyl (C=O) groups excluding carboxylic acids is 1. The highest BCUT2D eigenvalue weighted by atomic mass is 16.6. The zero-order chi connectivity index (χ0) is 19.2. The van der Waals surface area contributed by atoms with Crippen LogP contribution in [0, 0.1) is 0 Å². The minimum absolute atomic E-state index is 0.0440. The largest absolute Gasteiger partial charge is 0.493 e. The van der Waals surface area contributed by atoms with Gasteiger partial charge < -0.3 is 19.6 Å². The maximum atomic E-state index is 12.7.